The van der Waals surface area contributed by atoms with Gasteiger partial charge >= 0.3 is 5.69 Å². The second-order valence-corrected chi connectivity index (χ2v) is 6.16. The third kappa shape index (κ3) is 2.81. The maximum Gasteiger partial charge on any atom is 0.329 e. The average molecular weight is 269 g/mol. The van der Waals surface area contributed by atoms with Gasteiger partial charge in [0.2, 0.25) is 11.8 Å². The highest BCUT2D eigenvalue weighted by Crippen LogP contribution is 2.38. The van der Waals surface area contributed by atoms with E-state index >= 15 is 0 Å². The fraction of sp³-hybridized carbons (Fsp3) is 0.600. The molecule has 7 nitrogen and oxygen atoms in total. The highest BCUT2D eigenvalue weighted by Gasteiger charge is 2.30. The van der Waals surface area contributed by atoms with E-state index in [0.29, 0.717) is 6.54 Å². The van der Waals surface area contributed by atoms with Crippen LogP contribution in [0, 0.1) is 10.1 Å². The minimum atomic E-state index is -0.508. The minimum absolute atomic E-state index is 0.0346. The monoisotopic (exact) mass is 269 g/mol. The number of hydrogen-bond donors (Lipinski definition) is 2. The molecule has 0 aromatic carbocycles. The Balaban J connectivity index is 2.12. The van der Waals surface area contributed by atoms with Gasteiger partial charge in [-0.15, -0.1) is 0 Å². The van der Waals surface area contributed by atoms with Gasteiger partial charge in [-0.25, -0.2) is 4.98 Å². The molecule has 0 saturated carbocycles. The average Bonchev–Trinajstić information content (AvgIpc) is 2.74. The molecule has 1 aromatic rings. The van der Waals surface area contributed by atoms with Gasteiger partial charge in [0.1, 0.15) is 6.20 Å². The topological polar surface area (TPSA) is 107 Å². The highest BCUT2D eigenvalue weighted by molar-refractivity contribution is 8.00. The first kappa shape index (κ1) is 12.9. The summed E-state index contributed by atoms with van der Waals surface area (Å²) in [6.45, 7) is 2.78. The summed E-state index contributed by atoms with van der Waals surface area (Å²) in [5, 5.41) is 13.9. The number of nitrogens with two attached hydrogens (primary N) is 1. The van der Waals surface area contributed by atoms with Crippen LogP contribution in [0.25, 0.3) is 0 Å². The minimum Gasteiger partial charge on any atom is -0.368 e. The molecule has 1 saturated heterocycles. The van der Waals surface area contributed by atoms with Gasteiger partial charge in [0.05, 0.1) is 4.92 Å². The maximum atomic E-state index is 10.8. The van der Waals surface area contributed by atoms with E-state index in [1.165, 1.54) is 6.42 Å². The van der Waals surface area contributed by atoms with E-state index in [9.17, 15) is 10.1 Å². The third-order valence-corrected chi connectivity index (χ3v) is 4.45. The Labute approximate surface area is 109 Å². The van der Waals surface area contributed by atoms with Crippen LogP contribution < -0.4 is 11.1 Å². The number of nitrogens with zero attached hydrogens (tertiary/aromatic N) is 3. The van der Waals surface area contributed by atoms with Crippen LogP contribution in [-0.4, -0.2) is 31.9 Å². The number of thioether (sulfide) groups is 1. The van der Waals surface area contributed by atoms with E-state index in [2.05, 4.69) is 22.2 Å². The number of rotatable bonds is 4. The fourth-order valence-electron chi connectivity index (χ4n) is 1.90. The lowest BCUT2D eigenvalue weighted by molar-refractivity contribution is -0.384. The van der Waals surface area contributed by atoms with Gasteiger partial charge in [0.25, 0.3) is 0 Å². The van der Waals surface area contributed by atoms with Crippen molar-refractivity contribution in [2.24, 2.45) is 0 Å². The SMILES string of the molecule is CC1(CNc2nc(N)ncc2[N+](=O)[O-])CCCS1. The normalized spacial score (nSPS) is 22.9. The van der Waals surface area contributed by atoms with Crippen molar-refractivity contribution in [3.05, 3.63) is 16.3 Å². The largest absolute Gasteiger partial charge is 0.368 e. The maximum absolute atomic E-state index is 10.8. The molecule has 1 atom stereocenters. The van der Waals surface area contributed by atoms with Crippen molar-refractivity contribution in [1.82, 2.24) is 9.97 Å². The lowest BCUT2D eigenvalue weighted by Crippen LogP contribution is -2.27. The molecule has 1 aliphatic rings. The van der Waals surface area contributed by atoms with Gasteiger partial charge in [-0.1, -0.05) is 0 Å². The van der Waals surface area contributed by atoms with Crippen molar-refractivity contribution in [2.45, 2.75) is 24.5 Å². The Kier molecular flexibility index (Phi) is 3.55. The van der Waals surface area contributed by atoms with Crippen LogP contribution >= 0.6 is 11.8 Å². The summed E-state index contributed by atoms with van der Waals surface area (Å²) in [7, 11) is 0. The van der Waals surface area contributed by atoms with Gasteiger partial charge in [-0.05, 0) is 25.5 Å². The van der Waals surface area contributed by atoms with Crippen molar-refractivity contribution in [3.8, 4) is 0 Å². The van der Waals surface area contributed by atoms with E-state index in [-0.39, 0.29) is 22.2 Å². The molecule has 0 spiro atoms. The van der Waals surface area contributed by atoms with Crippen molar-refractivity contribution in [3.63, 3.8) is 0 Å². The quantitative estimate of drug-likeness (QED) is 0.632. The predicted molar refractivity (Wildman–Crippen MR) is 71.7 cm³/mol. The first-order valence-electron chi connectivity index (χ1n) is 5.65. The van der Waals surface area contributed by atoms with Gasteiger partial charge in [0.15, 0.2) is 0 Å². The smallest absolute Gasteiger partial charge is 0.329 e. The molecule has 18 heavy (non-hydrogen) atoms. The van der Waals surface area contributed by atoms with Crippen LogP contribution in [0.5, 0.6) is 0 Å². The molecule has 0 amide bonds. The predicted octanol–water partition coefficient (Wildman–Crippen LogP) is 1.66. The number of aromatic nitrogens is 2. The van der Waals surface area contributed by atoms with Crippen molar-refractivity contribution < 1.29 is 4.92 Å². The summed E-state index contributed by atoms with van der Waals surface area (Å²) in [5.41, 5.74) is 5.31. The zero-order valence-corrected chi connectivity index (χ0v) is 10.9. The Hall–Kier alpha value is -1.57. The van der Waals surface area contributed by atoms with Crippen LogP contribution in [0.3, 0.4) is 0 Å². The first-order valence-corrected chi connectivity index (χ1v) is 6.63. The number of nitrogens with one attached hydrogen (secondary N) is 1. The van der Waals surface area contributed by atoms with E-state index in [1.807, 2.05) is 11.8 Å². The van der Waals surface area contributed by atoms with E-state index in [0.717, 1.165) is 18.4 Å². The van der Waals surface area contributed by atoms with Gasteiger partial charge in [-0.2, -0.15) is 16.7 Å². The number of anilines is 2. The summed E-state index contributed by atoms with van der Waals surface area (Å²) >= 11 is 1.88. The van der Waals surface area contributed by atoms with E-state index in [4.69, 9.17) is 5.73 Å². The molecule has 1 unspecified atom stereocenters. The summed E-state index contributed by atoms with van der Waals surface area (Å²) in [4.78, 5) is 17.9. The first-order chi connectivity index (χ1) is 8.50. The molecular formula is C10H15N5O2S. The highest BCUT2D eigenvalue weighted by atomic mass is 32.2. The van der Waals surface area contributed by atoms with Gasteiger partial charge in [0, 0.05) is 11.3 Å². The Bertz CT molecular complexity index is 462. The van der Waals surface area contributed by atoms with Crippen LogP contribution in [0.4, 0.5) is 17.5 Å². The number of nitro groups is 1. The lowest BCUT2D eigenvalue weighted by atomic mass is 10.1. The van der Waals surface area contributed by atoms with Crippen molar-refractivity contribution >= 4 is 29.2 Å². The fourth-order valence-corrected chi connectivity index (χ4v) is 3.14. The Morgan fingerprint density at radius 2 is 2.50 bits per heavy atom. The van der Waals surface area contributed by atoms with Gasteiger partial charge < -0.3 is 11.1 Å². The molecule has 1 aromatic heterocycles. The number of nitrogen functional groups attached to an aromatic ring is 1. The van der Waals surface area contributed by atoms with E-state index < -0.39 is 4.92 Å². The Morgan fingerprint density at radius 3 is 3.11 bits per heavy atom. The van der Waals surface area contributed by atoms with E-state index in [1.54, 1.807) is 0 Å². The molecule has 3 N–H and O–H groups in total. The summed E-state index contributed by atoms with van der Waals surface area (Å²) in [5.74, 6) is 1.36. The van der Waals surface area contributed by atoms with Crippen LogP contribution in [0.15, 0.2) is 6.20 Å². The van der Waals surface area contributed by atoms with Gasteiger partial charge in [-0.3, -0.25) is 10.1 Å². The standard InChI is InChI=1S/C10H15N5O2S/c1-10(3-2-4-18-10)6-13-8-7(15(16)17)5-12-9(11)14-8/h5H,2-4,6H2,1H3,(H3,11,12,13,14). The zero-order chi connectivity index (χ0) is 13.2. The molecule has 2 rings (SSSR count). The van der Waals surface area contributed by atoms with Crippen LogP contribution in [-0.2, 0) is 0 Å². The molecule has 0 aliphatic carbocycles. The molecule has 8 heteroatoms. The van der Waals surface area contributed by atoms with Crippen LogP contribution in [0.1, 0.15) is 19.8 Å². The second kappa shape index (κ2) is 4.97. The van der Waals surface area contributed by atoms with Crippen molar-refractivity contribution in [2.75, 3.05) is 23.3 Å². The summed E-state index contributed by atoms with van der Waals surface area (Å²) < 4.78 is 0.105. The second-order valence-electron chi connectivity index (χ2n) is 4.47. The van der Waals surface area contributed by atoms with Crippen LogP contribution in [0.2, 0.25) is 0 Å². The molecule has 0 radical (unpaired) electrons. The molecule has 0 bridgehead atoms. The lowest BCUT2D eigenvalue weighted by Gasteiger charge is -2.22. The molecular weight excluding hydrogens is 254 g/mol. The molecule has 1 aliphatic heterocycles. The summed E-state index contributed by atoms with van der Waals surface area (Å²) in [6, 6.07) is 0. The molecule has 98 valence electrons. The summed E-state index contributed by atoms with van der Waals surface area (Å²) in [6.07, 6.45) is 3.41. The third-order valence-electron chi connectivity index (χ3n) is 2.92. The van der Waals surface area contributed by atoms with Crippen molar-refractivity contribution in [1.29, 1.82) is 0 Å². The molecule has 2 heterocycles. The number of hydrogen-bond acceptors (Lipinski definition) is 7. The zero-order valence-electron chi connectivity index (χ0n) is 10.0. The molecule has 1 fully saturated rings. The Morgan fingerprint density at radius 1 is 1.72 bits per heavy atom.